The Balaban J connectivity index is 2.32. The molecule has 2 aromatic carbocycles. The second-order valence-corrected chi connectivity index (χ2v) is 6.95. The molecule has 25 heavy (non-hydrogen) atoms. The molecule has 0 aliphatic carbocycles. The van der Waals surface area contributed by atoms with Crippen molar-refractivity contribution in [3.8, 4) is 0 Å². The molecule has 0 amide bonds. The van der Waals surface area contributed by atoms with Crippen molar-refractivity contribution < 1.29 is 5.21 Å². The van der Waals surface area contributed by atoms with Gasteiger partial charge in [0.2, 0.25) is 0 Å². The van der Waals surface area contributed by atoms with Gasteiger partial charge in [-0.3, -0.25) is 0 Å². The van der Waals surface area contributed by atoms with Gasteiger partial charge in [-0.05, 0) is 41.0 Å². The number of halogens is 2. The van der Waals surface area contributed by atoms with Crippen LogP contribution < -0.4 is 0 Å². The molecule has 0 fully saturated rings. The normalized spacial score (nSPS) is 13.7. The van der Waals surface area contributed by atoms with Crippen molar-refractivity contribution >= 4 is 33.7 Å². The smallest absolute Gasteiger partial charge is 0.129 e. The Kier molecular flexibility index (Phi) is 5.51. The number of pyridine rings is 1. The van der Waals surface area contributed by atoms with Gasteiger partial charge >= 0.3 is 0 Å². The van der Waals surface area contributed by atoms with E-state index in [4.69, 9.17) is 16.8 Å². The summed E-state index contributed by atoms with van der Waals surface area (Å²) in [4.78, 5) is 4.11. The van der Waals surface area contributed by atoms with E-state index in [1.807, 2.05) is 42.5 Å². The Labute approximate surface area is 160 Å². The Morgan fingerprint density at radius 3 is 2.32 bits per heavy atom. The number of oxime groups is 1. The number of rotatable bonds is 5. The van der Waals surface area contributed by atoms with Gasteiger partial charge in [-0.25, -0.2) is 4.98 Å². The summed E-state index contributed by atoms with van der Waals surface area (Å²) in [6.45, 7) is 0. The Bertz CT molecular complexity index is 868. The molecule has 0 saturated carbocycles. The molecule has 0 spiro atoms. The third kappa shape index (κ3) is 3.60. The molecule has 0 bridgehead atoms. The van der Waals surface area contributed by atoms with E-state index in [0.29, 0.717) is 11.6 Å². The number of hydrogen-bond acceptors (Lipinski definition) is 3. The van der Waals surface area contributed by atoms with E-state index in [9.17, 15) is 0 Å². The van der Waals surface area contributed by atoms with E-state index < -0.39 is 5.41 Å². The third-order valence-electron chi connectivity index (χ3n) is 4.30. The lowest BCUT2D eigenvalue weighted by molar-refractivity contribution is 0.319. The maximum absolute atomic E-state index is 9.09. The van der Waals surface area contributed by atoms with Crippen LogP contribution >= 0.6 is 27.5 Å². The zero-order valence-electron chi connectivity index (χ0n) is 13.3. The Hall–Kier alpha value is -2.17. The van der Waals surface area contributed by atoms with Gasteiger partial charge in [0, 0.05) is 23.3 Å². The number of benzene rings is 2. The average Bonchev–Trinajstić information content (AvgIpc) is 2.65. The lowest BCUT2D eigenvalue weighted by Gasteiger charge is -2.35. The van der Waals surface area contributed by atoms with Gasteiger partial charge in [0.15, 0.2) is 0 Å². The van der Waals surface area contributed by atoms with E-state index in [1.54, 1.807) is 6.20 Å². The minimum atomic E-state index is -0.541. The van der Waals surface area contributed by atoms with E-state index in [-0.39, 0.29) is 0 Å². The summed E-state index contributed by atoms with van der Waals surface area (Å²) < 4.78 is 1.00. The predicted molar refractivity (Wildman–Crippen MR) is 105 cm³/mol. The first-order valence-corrected chi connectivity index (χ1v) is 8.93. The van der Waals surface area contributed by atoms with Crippen molar-refractivity contribution in [3.05, 3.63) is 99.2 Å². The van der Waals surface area contributed by atoms with Crippen LogP contribution in [0.3, 0.4) is 0 Å². The lowest BCUT2D eigenvalue weighted by atomic mass is 9.68. The topological polar surface area (TPSA) is 45.5 Å². The molecule has 1 aromatic heterocycles. The summed E-state index contributed by atoms with van der Waals surface area (Å²) in [6.07, 6.45) is 3.70. The van der Waals surface area contributed by atoms with Gasteiger partial charge in [-0.2, -0.15) is 0 Å². The highest BCUT2D eigenvalue weighted by Gasteiger charge is 2.36. The van der Waals surface area contributed by atoms with Crippen LogP contribution in [0, 0.1) is 0 Å². The molecule has 0 radical (unpaired) electrons. The highest BCUT2D eigenvalue weighted by atomic mass is 79.9. The van der Waals surface area contributed by atoms with Crippen molar-refractivity contribution in [3.63, 3.8) is 0 Å². The monoisotopic (exact) mass is 414 g/mol. The largest absolute Gasteiger partial charge is 0.411 e. The van der Waals surface area contributed by atoms with Crippen LogP contribution in [-0.4, -0.2) is 16.4 Å². The first-order valence-electron chi connectivity index (χ1n) is 7.76. The second kappa shape index (κ2) is 7.81. The molecule has 3 aromatic rings. The quantitative estimate of drug-likeness (QED) is 0.252. The minimum Gasteiger partial charge on any atom is -0.411 e. The van der Waals surface area contributed by atoms with Crippen molar-refractivity contribution in [1.29, 1.82) is 0 Å². The van der Waals surface area contributed by atoms with Crippen LogP contribution in [-0.2, 0) is 5.41 Å². The summed E-state index contributed by atoms with van der Waals surface area (Å²) in [5, 5.41) is 12.8. The molecular weight excluding hydrogens is 400 g/mol. The minimum absolute atomic E-state index is 0.427. The molecule has 1 unspecified atom stereocenters. The molecule has 126 valence electrons. The number of hydrogen-bond donors (Lipinski definition) is 1. The van der Waals surface area contributed by atoms with E-state index >= 15 is 0 Å². The maximum Gasteiger partial charge on any atom is 0.129 e. The molecule has 1 N–H and O–H groups in total. The highest BCUT2D eigenvalue weighted by Crippen LogP contribution is 2.42. The first kappa shape index (κ1) is 17.6. The first-order chi connectivity index (χ1) is 12.2. The van der Waals surface area contributed by atoms with Crippen LogP contribution in [0.4, 0.5) is 0 Å². The summed E-state index contributed by atoms with van der Waals surface area (Å²) >= 11 is 9.67. The SMILES string of the molecule is ON=CCC(c1ccccc1)(c1ccc(Br)cc1)c1ccnc(Cl)c1. The fourth-order valence-corrected chi connectivity index (χ4v) is 3.59. The van der Waals surface area contributed by atoms with Crippen LogP contribution in [0.1, 0.15) is 23.1 Å². The molecular formula is C20H16BrClN2O. The zero-order valence-corrected chi connectivity index (χ0v) is 15.7. The summed E-state index contributed by atoms with van der Waals surface area (Å²) in [5.74, 6) is 0. The highest BCUT2D eigenvalue weighted by molar-refractivity contribution is 9.10. The zero-order chi connectivity index (χ0) is 17.7. The standard InChI is InChI=1S/C20H16BrClN2O/c21-18-8-6-16(7-9-18)20(11-13-24-25,15-4-2-1-3-5-15)17-10-12-23-19(22)14-17/h1-10,12-14,25H,11H2. The van der Waals surface area contributed by atoms with Crippen LogP contribution in [0.2, 0.25) is 5.15 Å². The molecule has 5 heteroatoms. The fourth-order valence-electron chi connectivity index (χ4n) is 3.16. The van der Waals surface area contributed by atoms with Gasteiger partial charge < -0.3 is 5.21 Å². The molecule has 3 rings (SSSR count). The van der Waals surface area contributed by atoms with Crippen LogP contribution in [0.15, 0.2) is 82.6 Å². The molecule has 0 aliphatic heterocycles. The molecule has 0 saturated heterocycles. The van der Waals surface area contributed by atoms with Crippen LogP contribution in [0.5, 0.6) is 0 Å². The number of aromatic nitrogens is 1. The maximum atomic E-state index is 9.09. The molecule has 1 heterocycles. The molecule has 1 atom stereocenters. The Morgan fingerprint density at radius 2 is 1.68 bits per heavy atom. The van der Waals surface area contributed by atoms with Crippen LogP contribution in [0.25, 0.3) is 0 Å². The molecule has 3 nitrogen and oxygen atoms in total. The van der Waals surface area contributed by atoms with E-state index in [2.05, 4.69) is 50.3 Å². The lowest BCUT2D eigenvalue weighted by Crippen LogP contribution is -2.30. The van der Waals surface area contributed by atoms with Crippen molar-refractivity contribution in [2.75, 3.05) is 0 Å². The second-order valence-electron chi connectivity index (χ2n) is 5.65. The van der Waals surface area contributed by atoms with Crippen molar-refractivity contribution in [2.24, 2.45) is 5.16 Å². The predicted octanol–water partition coefficient (Wildman–Crippen LogP) is 5.68. The third-order valence-corrected chi connectivity index (χ3v) is 5.04. The average molecular weight is 416 g/mol. The van der Waals surface area contributed by atoms with Gasteiger partial charge in [-0.1, -0.05) is 70.0 Å². The summed E-state index contributed by atoms with van der Waals surface area (Å²) in [6, 6.07) is 22.1. The van der Waals surface area contributed by atoms with E-state index in [1.165, 1.54) is 6.21 Å². The Morgan fingerprint density at radius 1 is 1.00 bits per heavy atom. The summed E-state index contributed by atoms with van der Waals surface area (Å²) in [5.41, 5.74) is 2.60. The number of nitrogens with zero attached hydrogens (tertiary/aromatic N) is 2. The summed E-state index contributed by atoms with van der Waals surface area (Å²) in [7, 11) is 0. The van der Waals surface area contributed by atoms with E-state index in [0.717, 1.165) is 21.2 Å². The van der Waals surface area contributed by atoms with Gasteiger partial charge in [-0.15, -0.1) is 5.16 Å². The molecule has 0 aliphatic rings. The van der Waals surface area contributed by atoms with Crippen molar-refractivity contribution in [1.82, 2.24) is 4.98 Å². The van der Waals surface area contributed by atoms with Gasteiger partial charge in [0.1, 0.15) is 5.15 Å². The fraction of sp³-hybridized carbons (Fsp3) is 0.100. The van der Waals surface area contributed by atoms with Gasteiger partial charge in [0.25, 0.3) is 0 Å². The van der Waals surface area contributed by atoms with Gasteiger partial charge in [0.05, 0.1) is 5.41 Å². The van der Waals surface area contributed by atoms with Crippen molar-refractivity contribution in [2.45, 2.75) is 11.8 Å².